The Balaban J connectivity index is 3.16. The van der Waals surface area contributed by atoms with Crippen LogP contribution in [0.1, 0.15) is 19.4 Å². The smallest absolute Gasteiger partial charge is 0.130 e. The second kappa shape index (κ2) is 3.66. The molecule has 0 radical (unpaired) electrons. The highest BCUT2D eigenvalue weighted by atomic mass is 79.9. The van der Waals surface area contributed by atoms with Crippen molar-refractivity contribution in [2.24, 2.45) is 0 Å². The number of phenols is 1. The summed E-state index contributed by atoms with van der Waals surface area (Å²) in [7, 11) is 0. The van der Waals surface area contributed by atoms with E-state index in [1.54, 1.807) is 6.07 Å². The van der Waals surface area contributed by atoms with E-state index in [-0.39, 0.29) is 17.0 Å². The average Bonchev–Trinajstić information content (AvgIpc) is 2.03. The van der Waals surface area contributed by atoms with E-state index >= 15 is 0 Å². The van der Waals surface area contributed by atoms with Crippen molar-refractivity contribution in [1.29, 1.82) is 0 Å². The molecule has 0 aliphatic rings. The van der Waals surface area contributed by atoms with E-state index in [0.29, 0.717) is 10.9 Å². The van der Waals surface area contributed by atoms with Gasteiger partial charge < -0.3 is 5.11 Å². The number of rotatable bonds is 2. The van der Waals surface area contributed by atoms with Crippen molar-refractivity contribution in [2.75, 3.05) is 5.33 Å². The third-order valence-corrected chi connectivity index (χ3v) is 3.42. The minimum Gasteiger partial charge on any atom is -0.508 e. The summed E-state index contributed by atoms with van der Waals surface area (Å²) in [6.07, 6.45) is 0. The highest BCUT2D eigenvalue weighted by Crippen LogP contribution is 2.29. The lowest BCUT2D eigenvalue weighted by molar-refractivity contribution is 0.462. The molecule has 0 saturated heterocycles. The van der Waals surface area contributed by atoms with E-state index in [1.807, 2.05) is 13.8 Å². The maximum absolute atomic E-state index is 13.4. The Morgan fingerprint density at radius 1 is 1.46 bits per heavy atom. The van der Waals surface area contributed by atoms with Gasteiger partial charge in [0.25, 0.3) is 0 Å². The zero-order valence-corrected chi connectivity index (χ0v) is 9.23. The second-order valence-corrected chi connectivity index (χ2v) is 4.24. The number of benzene rings is 1. The van der Waals surface area contributed by atoms with E-state index in [0.717, 1.165) is 6.07 Å². The maximum Gasteiger partial charge on any atom is 0.130 e. The molecule has 13 heavy (non-hydrogen) atoms. The monoisotopic (exact) mass is 246 g/mol. The molecule has 72 valence electrons. The van der Waals surface area contributed by atoms with Crippen molar-refractivity contribution in [2.45, 2.75) is 19.3 Å². The number of halogens is 2. The quantitative estimate of drug-likeness (QED) is 0.795. The zero-order chi connectivity index (χ0) is 10.1. The first-order valence-corrected chi connectivity index (χ1v) is 5.14. The fourth-order valence-corrected chi connectivity index (χ4v) is 1.43. The van der Waals surface area contributed by atoms with Gasteiger partial charge in [0.05, 0.1) is 0 Å². The molecule has 0 aliphatic heterocycles. The van der Waals surface area contributed by atoms with Crippen LogP contribution in [0.4, 0.5) is 4.39 Å². The molecule has 0 aromatic heterocycles. The molecule has 1 aromatic rings. The molecule has 3 heteroatoms. The van der Waals surface area contributed by atoms with Crippen LogP contribution >= 0.6 is 15.9 Å². The van der Waals surface area contributed by atoms with Gasteiger partial charge in [0.2, 0.25) is 0 Å². The van der Waals surface area contributed by atoms with E-state index in [4.69, 9.17) is 5.11 Å². The van der Waals surface area contributed by atoms with Crippen molar-refractivity contribution in [3.8, 4) is 5.75 Å². The van der Waals surface area contributed by atoms with Crippen LogP contribution in [0.15, 0.2) is 18.2 Å². The molecule has 1 rings (SSSR count). The highest BCUT2D eigenvalue weighted by Gasteiger charge is 2.22. The van der Waals surface area contributed by atoms with Crippen molar-refractivity contribution in [3.05, 3.63) is 29.6 Å². The molecule has 1 aromatic carbocycles. The van der Waals surface area contributed by atoms with Crippen LogP contribution < -0.4 is 0 Å². The SMILES string of the molecule is CC(C)(CBr)c1ccc(O)cc1F. The Labute approximate surface area is 85.7 Å². The molecule has 0 atom stereocenters. The molecule has 1 nitrogen and oxygen atoms in total. The molecule has 0 saturated carbocycles. The van der Waals surface area contributed by atoms with Crippen molar-refractivity contribution < 1.29 is 9.50 Å². The van der Waals surface area contributed by atoms with Gasteiger partial charge in [0.1, 0.15) is 11.6 Å². The fraction of sp³-hybridized carbons (Fsp3) is 0.400. The Morgan fingerprint density at radius 3 is 2.54 bits per heavy atom. The lowest BCUT2D eigenvalue weighted by Gasteiger charge is -2.22. The molecular weight excluding hydrogens is 235 g/mol. The van der Waals surface area contributed by atoms with Gasteiger partial charge in [0.15, 0.2) is 0 Å². The minimum atomic E-state index is -0.357. The van der Waals surface area contributed by atoms with E-state index < -0.39 is 0 Å². The summed E-state index contributed by atoms with van der Waals surface area (Å²) >= 11 is 3.33. The zero-order valence-electron chi connectivity index (χ0n) is 7.64. The Hall–Kier alpha value is -0.570. The van der Waals surface area contributed by atoms with Gasteiger partial charge >= 0.3 is 0 Å². The third-order valence-electron chi connectivity index (χ3n) is 2.02. The summed E-state index contributed by atoms with van der Waals surface area (Å²) in [5.74, 6) is -0.393. The van der Waals surface area contributed by atoms with Crippen LogP contribution in [0.3, 0.4) is 0 Å². The van der Waals surface area contributed by atoms with Gasteiger partial charge in [-0.15, -0.1) is 0 Å². The summed E-state index contributed by atoms with van der Waals surface area (Å²) < 4.78 is 13.4. The molecule has 0 amide bonds. The molecule has 0 aliphatic carbocycles. The van der Waals surface area contributed by atoms with Crippen LogP contribution in [0.5, 0.6) is 5.75 Å². The van der Waals surface area contributed by atoms with Crippen LogP contribution in [-0.2, 0) is 5.41 Å². The lowest BCUT2D eigenvalue weighted by atomic mass is 9.86. The molecule has 0 unspecified atom stereocenters. The van der Waals surface area contributed by atoms with Crippen molar-refractivity contribution in [1.82, 2.24) is 0 Å². The first-order valence-electron chi connectivity index (χ1n) is 4.02. The topological polar surface area (TPSA) is 20.2 Å². The number of hydrogen-bond acceptors (Lipinski definition) is 1. The number of alkyl halides is 1. The van der Waals surface area contributed by atoms with Crippen molar-refractivity contribution >= 4 is 15.9 Å². The van der Waals surface area contributed by atoms with Crippen LogP contribution in [0, 0.1) is 5.82 Å². The maximum atomic E-state index is 13.4. The summed E-state index contributed by atoms with van der Waals surface area (Å²) in [6, 6.07) is 4.26. The largest absolute Gasteiger partial charge is 0.508 e. The molecule has 1 N–H and O–H groups in total. The Morgan fingerprint density at radius 2 is 2.08 bits per heavy atom. The summed E-state index contributed by atoms with van der Waals surface area (Å²) in [6.45, 7) is 3.88. The summed E-state index contributed by atoms with van der Waals surface area (Å²) in [4.78, 5) is 0. The predicted molar refractivity (Wildman–Crippen MR) is 54.9 cm³/mol. The number of hydrogen-bond donors (Lipinski definition) is 1. The summed E-state index contributed by atoms with van der Waals surface area (Å²) in [5, 5.41) is 9.71. The predicted octanol–water partition coefficient (Wildman–Crippen LogP) is 3.20. The Kier molecular flexibility index (Phi) is 2.96. The Bertz CT molecular complexity index is 310. The average molecular weight is 247 g/mol. The first-order chi connectivity index (χ1) is 5.97. The first kappa shape index (κ1) is 10.5. The van der Waals surface area contributed by atoms with Gasteiger partial charge in [-0.1, -0.05) is 35.8 Å². The van der Waals surface area contributed by atoms with Gasteiger partial charge in [-0.05, 0) is 11.6 Å². The standard InChI is InChI=1S/C10H12BrFO/c1-10(2,6-11)8-4-3-7(13)5-9(8)12/h3-5,13H,6H2,1-2H3. The number of aromatic hydroxyl groups is 1. The minimum absolute atomic E-state index is 0.0355. The second-order valence-electron chi connectivity index (χ2n) is 3.68. The van der Waals surface area contributed by atoms with Gasteiger partial charge in [-0.2, -0.15) is 0 Å². The normalized spacial score (nSPS) is 11.7. The lowest BCUT2D eigenvalue weighted by Crippen LogP contribution is -2.20. The molecule has 0 spiro atoms. The van der Waals surface area contributed by atoms with E-state index in [9.17, 15) is 4.39 Å². The van der Waals surface area contributed by atoms with Crippen LogP contribution in [0.2, 0.25) is 0 Å². The van der Waals surface area contributed by atoms with Crippen LogP contribution in [0.25, 0.3) is 0 Å². The molecular formula is C10H12BrFO. The van der Waals surface area contributed by atoms with E-state index in [1.165, 1.54) is 6.07 Å². The van der Waals surface area contributed by atoms with Crippen LogP contribution in [-0.4, -0.2) is 10.4 Å². The molecule has 0 fully saturated rings. The highest BCUT2D eigenvalue weighted by molar-refractivity contribution is 9.09. The molecule has 0 bridgehead atoms. The van der Waals surface area contributed by atoms with Crippen molar-refractivity contribution in [3.63, 3.8) is 0 Å². The summed E-state index contributed by atoms with van der Waals surface area (Å²) in [5.41, 5.74) is 0.361. The molecule has 0 heterocycles. The van der Waals surface area contributed by atoms with Gasteiger partial charge in [-0.25, -0.2) is 4.39 Å². The third kappa shape index (κ3) is 2.21. The number of phenolic OH excluding ortho intramolecular Hbond substituents is 1. The van der Waals surface area contributed by atoms with E-state index in [2.05, 4.69) is 15.9 Å². The van der Waals surface area contributed by atoms with Gasteiger partial charge in [-0.3, -0.25) is 0 Å². The van der Waals surface area contributed by atoms with Gasteiger partial charge in [0, 0.05) is 16.8 Å². The fourth-order valence-electron chi connectivity index (χ4n) is 1.12.